The molecule has 0 unspecified atom stereocenters. The van der Waals surface area contributed by atoms with Crippen LogP contribution in [0.5, 0.6) is 0 Å². The van der Waals surface area contributed by atoms with Gasteiger partial charge in [0.2, 0.25) is 5.95 Å². The Morgan fingerprint density at radius 1 is 0.967 bits per heavy atom. The Kier molecular flexibility index (Phi) is 7.51. The Morgan fingerprint density at radius 2 is 1.63 bits per heavy atom. The maximum absolute atomic E-state index is 13.3. The first-order chi connectivity index (χ1) is 14.6. The van der Waals surface area contributed by atoms with Gasteiger partial charge in [0.15, 0.2) is 0 Å². The molecule has 0 spiro atoms. The van der Waals surface area contributed by atoms with Crippen molar-refractivity contribution in [2.24, 2.45) is 0 Å². The van der Waals surface area contributed by atoms with Gasteiger partial charge in [-0.3, -0.25) is 9.63 Å². The number of carbonyl (C=O) groups excluding carboxylic acids is 1. The van der Waals surface area contributed by atoms with Gasteiger partial charge in [-0.15, -0.1) is 0 Å². The van der Waals surface area contributed by atoms with Gasteiger partial charge in [-0.25, -0.2) is 15.4 Å². The van der Waals surface area contributed by atoms with Crippen LogP contribution in [0.1, 0.15) is 35.1 Å². The molecule has 3 rings (SSSR count). The van der Waals surface area contributed by atoms with Gasteiger partial charge >= 0.3 is 0 Å². The topological polar surface area (TPSA) is 67.3 Å². The van der Waals surface area contributed by atoms with Crippen molar-refractivity contribution >= 4 is 11.9 Å². The normalized spacial score (nSPS) is 10.6. The number of aryl methyl sites for hydroxylation is 2. The van der Waals surface area contributed by atoms with Crippen molar-refractivity contribution in [3.05, 3.63) is 77.6 Å². The lowest BCUT2D eigenvalue weighted by Gasteiger charge is -2.23. The molecule has 0 atom stereocenters. The van der Waals surface area contributed by atoms with E-state index in [0.29, 0.717) is 31.2 Å². The highest BCUT2D eigenvalue weighted by atomic mass is 16.6. The summed E-state index contributed by atoms with van der Waals surface area (Å²) in [7, 11) is 0. The molecule has 1 N–H and O–H groups in total. The Morgan fingerprint density at radius 3 is 2.33 bits per heavy atom. The van der Waals surface area contributed by atoms with Crippen molar-refractivity contribution in [3.63, 3.8) is 0 Å². The quantitative estimate of drug-likeness (QED) is 0.415. The van der Waals surface area contributed by atoms with Gasteiger partial charge in [0.25, 0.3) is 5.91 Å². The van der Waals surface area contributed by atoms with Crippen LogP contribution in [0.3, 0.4) is 0 Å². The summed E-state index contributed by atoms with van der Waals surface area (Å²) in [6, 6.07) is 19.6. The molecule has 6 heteroatoms. The third kappa shape index (κ3) is 5.64. The SMILES string of the molecule is CCCN(CCONc1nc(C)cc(C)n1)C(=O)c1ccccc1-c1ccccc1. The van der Waals surface area contributed by atoms with Crippen LogP contribution in [0.15, 0.2) is 60.7 Å². The highest BCUT2D eigenvalue weighted by Crippen LogP contribution is 2.24. The van der Waals surface area contributed by atoms with E-state index in [4.69, 9.17) is 4.84 Å². The first kappa shape index (κ1) is 21.5. The lowest BCUT2D eigenvalue weighted by Crippen LogP contribution is -2.35. The van der Waals surface area contributed by atoms with Crippen LogP contribution in [-0.4, -0.2) is 40.5 Å². The largest absolute Gasteiger partial charge is 0.336 e. The van der Waals surface area contributed by atoms with Gasteiger partial charge in [0.1, 0.15) is 0 Å². The average Bonchev–Trinajstić information content (AvgIpc) is 2.75. The first-order valence-corrected chi connectivity index (χ1v) is 10.2. The minimum absolute atomic E-state index is 0.00236. The zero-order chi connectivity index (χ0) is 21.3. The number of carbonyl (C=O) groups is 1. The number of hydrogen-bond donors (Lipinski definition) is 1. The fraction of sp³-hybridized carbons (Fsp3) is 0.292. The van der Waals surface area contributed by atoms with E-state index in [2.05, 4.69) is 22.4 Å². The van der Waals surface area contributed by atoms with Gasteiger partial charge in [-0.1, -0.05) is 55.5 Å². The van der Waals surface area contributed by atoms with Crippen LogP contribution < -0.4 is 5.48 Å². The number of nitrogens with one attached hydrogen (secondary N) is 1. The number of nitrogens with zero attached hydrogens (tertiary/aromatic N) is 3. The zero-order valence-electron chi connectivity index (χ0n) is 17.8. The van der Waals surface area contributed by atoms with Crippen molar-refractivity contribution in [1.82, 2.24) is 14.9 Å². The molecule has 30 heavy (non-hydrogen) atoms. The van der Waals surface area contributed by atoms with Crippen LogP contribution in [0.25, 0.3) is 11.1 Å². The molecular formula is C24H28N4O2. The Balaban J connectivity index is 1.67. The number of benzene rings is 2. The van der Waals surface area contributed by atoms with Crippen molar-refractivity contribution in [3.8, 4) is 11.1 Å². The predicted octanol–water partition coefficient (Wildman–Crippen LogP) is 4.66. The summed E-state index contributed by atoms with van der Waals surface area (Å²) in [5.74, 6) is 0.429. The number of rotatable bonds is 9. The van der Waals surface area contributed by atoms with Crippen LogP contribution in [0, 0.1) is 13.8 Å². The molecule has 2 aromatic carbocycles. The van der Waals surface area contributed by atoms with E-state index in [1.165, 1.54) is 0 Å². The molecule has 1 amide bonds. The summed E-state index contributed by atoms with van der Waals surface area (Å²) in [6.45, 7) is 7.33. The van der Waals surface area contributed by atoms with Crippen LogP contribution in [0.2, 0.25) is 0 Å². The van der Waals surface area contributed by atoms with E-state index in [0.717, 1.165) is 28.9 Å². The van der Waals surface area contributed by atoms with Crippen molar-refractivity contribution in [2.75, 3.05) is 25.2 Å². The zero-order valence-corrected chi connectivity index (χ0v) is 17.8. The van der Waals surface area contributed by atoms with E-state index >= 15 is 0 Å². The van der Waals surface area contributed by atoms with Crippen LogP contribution in [0.4, 0.5) is 5.95 Å². The lowest BCUT2D eigenvalue weighted by atomic mass is 9.99. The van der Waals surface area contributed by atoms with E-state index in [-0.39, 0.29) is 5.91 Å². The van der Waals surface area contributed by atoms with Gasteiger partial charge in [-0.05, 0) is 43.5 Å². The first-order valence-electron chi connectivity index (χ1n) is 10.2. The predicted molar refractivity (Wildman–Crippen MR) is 119 cm³/mol. The Hall–Kier alpha value is -3.25. The third-order valence-corrected chi connectivity index (χ3v) is 4.63. The van der Waals surface area contributed by atoms with Gasteiger partial charge in [0, 0.05) is 30.0 Å². The fourth-order valence-corrected chi connectivity index (χ4v) is 3.34. The van der Waals surface area contributed by atoms with Gasteiger partial charge in [-0.2, -0.15) is 0 Å². The summed E-state index contributed by atoms with van der Waals surface area (Å²) in [4.78, 5) is 29.2. The van der Waals surface area contributed by atoms with E-state index in [1.54, 1.807) is 0 Å². The summed E-state index contributed by atoms with van der Waals surface area (Å²) in [5.41, 5.74) is 7.18. The Bertz CT molecular complexity index is 956. The maximum Gasteiger partial charge on any atom is 0.254 e. The second kappa shape index (κ2) is 10.5. The lowest BCUT2D eigenvalue weighted by molar-refractivity contribution is 0.0693. The second-order valence-electron chi connectivity index (χ2n) is 7.13. The molecule has 0 aliphatic rings. The fourth-order valence-electron chi connectivity index (χ4n) is 3.34. The third-order valence-electron chi connectivity index (χ3n) is 4.63. The second-order valence-corrected chi connectivity index (χ2v) is 7.13. The number of aromatic nitrogens is 2. The molecule has 3 aromatic rings. The van der Waals surface area contributed by atoms with Gasteiger partial charge in [0.05, 0.1) is 6.61 Å². The monoisotopic (exact) mass is 404 g/mol. The molecule has 1 aromatic heterocycles. The average molecular weight is 405 g/mol. The number of anilines is 1. The standard InChI is InChI=1S/C24H28N4O2/c1-4-14-28(15-16-30-27-24-25-18(2)17-19(3)26-24)23(29)22-13-9-8-12-21(22)20-10-6-5-7-11-20/h5-13,17H,4,14-16H2,1-3H3,(H,25,26,27). The molecule has 6 nitrogen and oxygen atoms in total. The molecule has 0 saturated heterocycles. The van der Waals surface area contributed by atoms with E-state index in [1.807, 2.05) is 79.4 Å². The summed E-state index contributed by atoms with van der Waals surface area (Å²) in [6.07, 6.45) is 0.868. The minimum atomic E-state index is 0.00236. The molecule has 0 fully saturated rings. The summed E-state index contributed by atoms with van der Waals surface area (Å²) < 4.78 is 0. The highest BCUT2D eigenvalue weighted by molar-refractivity contribution is 6.00. The molecule has 1 heterocycles. The molecule has 156 valence electrons. The van der Waals surface area contributed by atoms with Crippen molar-refractivity contribution < 1.29 is 9.63 Å². The molecule has 0 aliphatic carbocycles. The van der Waals surface area contributed by atoms with Crippen LogP contribution >= 0.6 is 0 Å². The van der Waals surface area contributed by atoms with Crippen LogP contribution in [-0.2, 0) is 4.84 Å². The highest BCUT2D eigenvalue weighted by Gasteiger charge is 2.18. The summed E-state index contributed by atoms with van der Waals surface area (Å²) >= 11 is 0. The smallest absolute Gasteiger partial charge is 0.254 e. The maximum atomic E-state index is 13.3. The van der Waals surface area contributed by atoms with Crippen molar-refractivity contribution in [1.29, 1.82) is 0 Å². The van der Waals surface area contributed by atoms with Crippen molar-refractivity contribution in [2.45, 2.75) is 27.2 Å². The Labute approximate surface area is 177 Å². The minimum Gasteiger partial charge on any atom is -0.336 e. The summed E-state index contributed by atoms with van der Waals surface area (Å²) in [5, 5.41) is 0. The molecule has 0 aliphatic heterocycles. The van der Waals surface area contributed by atoms with E-state index in [9.17, 15) is 4.79 Å². The molecule has 0 radical (unpaired) electrons. The molecule has 0 saturated carbocycles. The molecule has 0 bridgehead atoms. The van der Waals surface area contributed by atoms with Gasteiger partial charge < -0.3 is 4.90 Å². The molecular weight excluding hydrogens is 376 g/mol. The number of amides is 1. The number of hydrogen-bond acceptors (Lipinski definition) is 5. The van der Waals surface area contributed by atoms with E-state index < -0.39 is 0 Å².